The minimum Gasteiger partial charge on any atom is -0.457 e. The minimum atomic E-state index is -0.540. The molecular formula is C16H15NO3. The van der Waals surface area contributed by atoms with Crippen molar-refractivity contribution in [2.75, 3.05) is 11.9 Å². The topological polar surface area (TPSA) is 46.6 Å². The van der Waals surface area contributed by atoms with Crippen LogP contribution in [0.15, 0.2) is 54.6 Å². The lowest BCUT2D eigenvalue weighted by molar-refractivity contribution is -0.134. The molecule has 0 saturated carbocycles. The van der Waals surface area contributed by atoms with Crippen LogP contribution < -0.4 is 9.64 Å². The summed E-state index contributed by atoms with van der Waals surface area (Å²) in [5, 5.41) is 0. The minimum absolute atomic E-state index is 0.489. The third-order valence-electron chi connectivity index (χ3n) is 2.81. The number of rotatable bonds is 4. The van der Waals surface area contributed by atoms with Gasteiger partial charge in [0.15, 0.2) is 0 Å². The molecule has 2 aromatic carbocycles. The highest BCUT2D eigenvalue weighted by atomic mass is 16.5. The van der Waals surface area contributed by atoms with E-state index in [1.165, 1.54) is 11.8 Å². The average molecular weight is 269 g/mol. The molecule has 0 aliphatic rings. The van der Waals surface area contributed by atoms with Gasteiger partial charge in [-0.3, -0.25) is 9.59 Å². The van der Waals surface area contributed by atoms with E-state index in [1.807, 2.05) is 30.3 Å². The van der Waals surface area contributed by atoms with E-state index in [1.54, 1.807) is 31.3 Å². The summed E-state index contributed by atoms with van der Waals surface area (Å²) in [7, 11) is 1.57. The van der Waals surface area contributed by atoms with Crippen LogP contribution in [0.1, 0.15) is 6.92 Å². The van der Waals surface area contributed by atoms with Crippen LogP contribution in [0.25, 0.3) is 0 Å². The number of ether oxygens (including phenoxy) is 1. The monoisotopic (exact) mass is 269 g/mol. The van der Waals surface area contributed by atoms with E-state index >= 15 is 0 Å². The van der Waals surface area contributed by atoms with Gasteiger partial charge < -0.3 is 9.64 Å². The summed E-state index contributed by atoms with van der Waals surface area (Å²) < 4.78 is 5.65. The molecule has 2 rings (SSSR count). The van der Waals surface area contributed by atoms with Gasteiger partial charge in [-0.2, -0.15) is 0 Å². The van der Waals surface area contributed by atoms with E-state index in [2.05, 4.69) is 0 Å². The Morgan fingerprint density at radius 2 is 1.45 bits per heavy atom. The van der Waals surface area contributed by atoms with Crippen molar-refractivity contribution < 1.29 is 14.3 Å². The fraction of sp³-hybridized carbons (Fsp3) is 0.125. The second-order valence-corrected chi connectivity index (χ2v) is 4.33. The Balaban J connectivity index is 2.10. The van der Waals surface area contributed by atoms with Gasteiger partial charge in [0.1, 0.15) is 11.5 Å². The summed E-state index contributed by atoms with van der Waals surface area (Å²) in [6.45, 7) is 1.26. The Morgan fingerprint density at radius 3 is 2.00 bits per heavy atom. The van der Waals surface area contributed by atoms with E-state index in [-0.39, 0.29) is 0 Å². The highest BCUT2D eigenvalue weighted by Gasteiger charge is 2.15. The second-order valence-electron chi connectivity index (χ2n) is 4.33. The van der Waals surface area contributed by atoms with Crippen LogP contribution in [-0.4, -0.2) is 18.7 Å². The molecule has 20 heavy (non-hydrogen) atoms. The van der Waals surface area contributed by atoms with Crippen LogP contribution in [0.2, 0.25) is 0 Å². The lowest BCUT2D eigenvalue weighted by Crippen LogP contribution is -2.31. The largest absolute Gasteiger partial charge is 0.457 e. The Morgan fingerprint density at radius 1 is 0.900 bits per heavy atom. The van der Waals surface area contributed by atoms with E-state index in [0.29, 0.717) is 11.4 Å². The molecule has 102 valence electrons. The number of ketones is 1. The molecule has 0 aromatic heterocycles. The van der Waals surface area contributed by atoms with Gasteiger partial charge in [0.25, 0.3) is 5.91 Å². The molecule has 1 amide bonds. The SMILES string of the molecule is CC(=O)C(=O)N(C)c1ccc(Oc2ccccc2)cc1. The van der Waals surface area contributed by atoms with Crippen molar-refractivity contribution in [1.29, 1.82) is 0 Å². The molecule has 4 heteroatoms. The number of para-hydroxylation sites is 1. The van der Waals surface area contributed by atoms with Crippen LogP contribution in [-0.2, 0) is 9.59 Å². The second kappa shape index (κ2) is 6.02. The average Bonchev–Trinajstić information content (AvgIpc) is 2.47. The molecule has 0 bridgehead atoms. The van der Waals surface area contributed by atoms with E-state index in [4.69, 9.17) is 4.74 Å². The Kier molecular flexibility index (Phi) is 4.15. The fourth-order valence-corrected chi connectivity index (χ4v) is 1.72. The lowest BCUT2D eigenvalue weighted by atomic mass is 10.2. The summed E-state index contributed by atoms with van der Waals surface area (Å²) in [4.78, 5) is 23.9. The van der Waals surface area contributed by atoms with Gasteiger partial charge in [-0.15, -0.1) is 0 Å². The maximum absolute atomic E-state index is 11.6. The number of nitrogens with zero attached hydrogens (tertiary/aromatic N) is 1. The number of likely N-dealkylation sites (N-methyl/N-ethyl adjacent to an activating group) is 1. The van der Waals surface area contributed by atoms with Crippen LogP contribution in [0.4, 0.5) is 5.69 Å². The maximum Gasteiger partial charge on any atom is 0.293 e. The zero-order valence-corrected chi connectivity index (χ0v) is 11.4. The first-order chi connectivity index (χ1) is 9.58. The smallest absolute Gasteiger partial charge is 0.293 e. The first-order valence-electron chi connectivity index (χ1n) is 6.19. The predicted molar refractivity (Wildman–Crippen MR) is 77.0 cm³/mol. The molecule has 0 saturated heterocycles. The summed E-state index contributed by atoms with van der Waals surface area (Å²) in [5.74, 6) is 0.385. The third-order valence-corrected chi connectivity index (χ3v) is 2.81. The Bertz CT molecular complexity index is 605. The van der Waals surface area contributed by atoms with Gasteiger partial charge in [0.2, 0.25) is 5.78 Å². The highest BCUT2D eigenvalue weighted by Crippen LogP contribution is 2.23. The number of carbonyl (C=O) groups excluding carboxylic acids is 2. The van der Waals surface area contributed by atoms with E-state index in [9.17, 15) is 9.59 Å². The van der Waals surface area contributed by atoms with Gasteiger partial charge in [0.05, 0.1) is 0 Å². The predicted octanol–water partition coefficient (Wildman–Crippen LogP) is 3.03. The summed E-state index contributed by atoms with van der Waals surface area (Å²) in [5.41, 5.74) is 0.644. The molecule has 0 atom stereocenters. The highest BCUT2D eigenvalue weighted by molar-refractivity contribution is 6.40. The molecule has 0 unspecified atom stereocenters. The Labute approximate surface area is 117 Å². The van der Waals surface area contributed by atoms with Crippen molar-refractivity contribution in [3.63, 3.8) is 0 Å². The molecule has 0 radical (unpaired) electrons. The van der Waals surface area contributed by atoms with Crippen molar-refractivity contribution in [2.24, 2.45) is 0 Å². The van der Waals surface area contributed by atoms with Crippen LogP contribution in [0.3, 0.4) is 0 Å². The molecule has 0 spiro atoms. The van der Waals surface area contributed by atoms with E-state index < -0.39 is 11.7 Å². The summed E-state index contributed by atoms with van der Waals surface area (Å²) >= 11 is 0. The molecule has 4 nitrogen and oxygen atoms in total. The molecular weight excluding hydrogens is 254 g/mol. The zero-order chi connectivity index (χ0) is 14.5. The molecule has 0 N–H and O–H groups in total. The maximum atomic E-state index is 11.6. The van der Waals surface area contributed by atoms with Gasteiger partial charge in [0, 0.05) is 19.7 Å². The van der Waals surface area contributed by atoms with Crippen molar-refractivity contribution in [3.8, 4) is 11.5 Å². The van der Waals surface area contributed by atoms with Crippen molar-refractivity contribution in [2.45, 2.75) is 6.92 Å². The third kappa shape index (κ3) is 3.23. The first-order valence-corrected chi connectivity index (χ1v) is 6.19. The standard InChI is InChI=1S/C16H15NO3/c1-12(18)16(19)17(2)13-8-10-15(11-9-13)20-14-6-4-3-5-7-14/h3-11H,1-2H3. The van der Waals surface area contributed by atoms with Crippen LogP contribution in [0.5, 0.6) is 11.5 Å². The first kappa shape index (κ1) is 13.8. The summed E-state index contributed by atoms with van der Waals surface area (Å²) in [6, 6.07) is 16.4. The van der Waals surface area contributed by atoms with Crippen LogP contribution in [0, 0.1) is 0 Å². The van der Waals surface area contributed by atoms with Crippen LogP contribution >= 0.6 is 0 Å². The normalized spacial score (nSPS) is 9.90. The van der Waals surface area contributed by atoms with Gasteiger partial charge in [-0.25, -0.2) is 0 Å². The molecule has 2 aromatic rings. The van der Waals surface area contributed by atoms with Gasteiger partial charge >= 0.3 is 0 Å². The fourth-order valence-electron chi connectivity index (χ4n) is 1.72. The van der Waals surface area contributed by atoms with Crippen molar-refractivity contribution in [1.82, 2.24) is 0 Å². The number of hydrogen-bond acceptors (Lipinski definition) is 3. The molecule has 0 heterocycles. The molecule has 0 fully saturated rings. The molecule has 0 aliphatic heterocycles. The molecule has 0 aliphatic carbocycles. The lowest BCUT2D eigenvalue weighted by Gasteiger charge is -2.16. The zero-order valence-electron chi connectivity index (χ0n) is 11.4. The number of benzene rings is 2. The number of hydrogen-bond donors (Lipinski definition) is 0. The number of anilines is 1. The van der Waals surface area contributed by atoms with Crippen molar-refractivity contribution in [3.05, 3.63) is 54.6 Å². The number of Topliss-reactive ketones (excluding diaryl/α,β-unsaturated/α-hetero) is 1. The van der Waals surface area contributed by atoms with Gasteiger partial charge in [-0.1, -0.05) is 18.2 Å². The summed E-state index contributed by atoms with van der Waals surface area (Å²) in [6.07, 6.45) is 0. The Hall–Kier alpha value is -2.62. The van der Waals surface area contributed by atoms with Gasteiger partial charge in [-0.05, 0) is 36.4 Å². The van der Waals surface area contributed by atoms with E-state index in [0.717, 1.165) is 5.75 Å². The quantitative estimate of drug-likeness (QED) is 0.801. The number of carbonyl (C=O) groups is 2. The number of amides is 1. The van der Waals surface area contributed by atoms with Crippen molar-refractivity contribution >= 4 is 17.4 Å².